The average molecular weight is 384 g/mol. The van der Waals surface area contributed by atoms with E-state index in [1.54, 1.807) is 24.3 Å². The Morgan fingerprint density at radius 1 is 1.00 bits per heavy atom. The summed E-state index contributed by atoms with van der Waals surface area (Å²) in [5, 5.41) is 2.77. The molecule has 27 heavy (non-hydrogen) atoms. The second-order valence-corrected chi connectivity index (χ2v) is 7.91. The van der Waals surface area contributed by atoms with Crippen molar-refractivity contribution in [3.63, 3.8) is 0 Å². The van der Waals surface area contributed by atoms with Crippen molar-refractivity contribution in [1.82, 2.24) is 4.72 Å². The molecule has 3 aromatic rings. The molecule has 1 amide bonds. The van der Waals surface area contributed by atoms with Crippen LogP contribution in [0.25, 0.3) is 0 Å². The van der Waals surface area contributed by atoms with E-state index in [9.17, 15) is 13.2 Å². The van der Waals surface area contributed by atoms with Gasteiger partial charge in [0.25, 0.3) is 0 Å². The van der Waals surface area contributed by atoms with Crippen LogP contribution in [0.1, 0.15) is 16.9 Å². The van der Waals surface area contributed by atoms with Crippen LogP contribution >= 0.6 is 0 Å². The largest absolute Gasteiger partial charge is 0.468 e. The molecule has 0 atom stereocenters. The number of benzene rings is 2. The van der Waals surface area contributed by atoms with Crippen LogP contribution in [0.15, 0.2) is 76.2 Å². The van der Waals surface area contributed by atoms with E-state index in [0.29, 0.717) is 11.4 Å². The molecular formula is C20H20N2O4S. The smallest absolute Gasteiger partial charge is 0.240 e. The maximum Gasteiger partial charge on any atom is 0.240 e. The molecule has 0 aliphatic rings. The minimum absolute atomic E-state index is 0.0738. The fraction of sp³-hybridized carbons (Fsp3) is 0.150. The number of hydrogen-bond acceptors (Lipinski definition) is 4. The van der Waals surface area contributed by atoms with Crippen LogP contribution in [-0.4, -0.2) is 14.3 Å². The Bertz CT molecular complexity index is 993. The second-order valence-electron chi connectivity index (χ2n) is 6.14. The molecule has 3 rings (SSSR count). The first-order valence-electron chi connectivity index (χ1n) is 8.40. The Morgan fingerprint density at radius 2 is 1.70 bits per heavy atom. The van der Waals surface area contributed by atoms with Gasteiger partial charge in [0, 0.05) is 5.69 Å². The van der Waals surface area contributed by atoms with Gasteiger partial charge in [0.05, 0.1) is 24.1 Å². The van der Waals surface area contributed by atoms with E-state index < -0.39 is 10.0 Å². The molecule has 0 saturated carbocycles. The molecule has 6 nitrogen and oxygen atoms in total. The highest BCUT2D eigenvalue weighted by Crippen LogP contribution is 2.15. The molecular weight excluding hydrogens is 364 g/mol. The predicted octanol–water partition coefficient (Wildman–Crippen LogP) is 3.25. The maximum absolute atomic E-state index is 12.3. The van der Waals surface area contributed by atoms with Crippen molar-refractivity contribution in [3.05, 3.63) is 83.8 Å². The molecule has 0 aliphatic carbocycles. The van der Waals surface area contributed by atoms with Gasteiger partial charge in [-0.1, -0.05) is 29.8 Å². The number of rotatable bonds is 7. The number of furan rings is 1. The van der Waals surface area contributed by atoms with Crippen LogP contribution in [0, 0.1) is 6.92 Å². The van der Waals surface area contributed by atoms with Gasteiger partial charge in [0.1, 0.15) is 5.76 Å². The summed E-state index contributed by atoms with van der Waals surface area (Å²) in [7, 11) is -3.66. The third-order valence-corrected chi connectivity index (χ3v) is 5.37. The summed E-state index contributed by atoms with van der Waals surface area (Å²) in [5.74, 6) is 0.365. The highest BCUT2D eigenvalue weighted by Gasteiger charge is 2.14. The first kappa shape index (κ1) is 18.9. The van der Waals surface area contributed by atoms with Crippen LogP contribution in [0.2, 0.25) is 0 Å². The molecule has 0 unspecified atom stereocenters. The van der Waals surface area contributed by atoms with Gasteiger partial charge in [-0.25, -0.2) is 13.1 Å². The summed E-state index contributed by atoms with van der Waals surface area (Å²) in [6, 6.07) is 17.1. The first-order valence-corrected chi connectivity index (χ1v) is 9.88. The van der Waals surface area contributed by atoms with Gasteiger partial charge in [-0.2, -0.15) is 0 Å². The highest BCUT2D eigenvalue weighted by atomic mass is 32.2. The molecule has 0 saturated heterocycles. The third kappa shape index (κ3) is 5.29. The van der Waals surface area contributed by atoms with E-state index >= 15 is 0 Å². The average Bonchev–Trinajstić information content (AvgIpc) is 3.16. The van der Waals surface area contributed by atoms with Gasteiger partial charge in [0.15, 0.2) is 0 Å². The minimum Gasteiger partial charge on any atom is -0.468 e. The Hall–Kier alpha value is -2.90. The number of amides is 1. The number of aryl methyl sites for hydroxylation is 1. The number of hydrogen-bond donors (Lipinski definition) is 2. The lowest BCUT2D eigenvalue weighted by Crippen LogP contribution is -2.23. The summed E-state index contributed by atoms with van der Waals surface area (Å²) in [5.41, 5.74) is 2.59. The zero-order valence-corrected chi connectivity index (χ0v) is 15.6. The van der Waals surface area contributed by atoms with Gasteiger partial charge in [-0.15, -0.1) is 0 Å². The highest BCUT2D eigenvalue weighted by molar-refractivity contribution is 7.89. The third-order valence-electron chi connectivity index (χ3n) is 3.95. The zero-order chi connectivity index (χ0) is 19.3. The van der Waals surface area contributed by atoms with Gasteiger partial charge < -0.3 is 9.73 Å². The molecule has 2 aromatic carbocycles. The molecule has 140 valence electrons. The quantitative estimate of drug-likeness (QED) is 0.654. The SMILES string of the molecule is Cc1ccc(CC(=O)Nc2ccc(S(=O)(=O)NCc3ccco3)cc2)cc1. The summed E-state index contributed by atoms with van der Waals surface area (Å²) in [6.45, 7) is 2.06. The lowest BCUT2D eigenvalue weighted by atomic mass is 10.1. The standard InChI is InChI=1S/C20H20N2O4S/c1-15-4-6-16(7-5-15)13-20(23)22-17-8-10-19(11-9-17)27(24,25)21-14-18-3-2-12-26-18/h2-12,21H,13-14H2,1H3,(H,22,23). The number of carbonyl (C=O) groups excluding carboxylic acids is 1. The Balaban J connectivity index is 1.59. The molecule has 0 aliphatic heterocycles. The van der Waals surface area contributed by atoms with Crippen molar-refractivity contribution < 1.29 is 17.6 Å². The number of sulfonamides is 1. The molecule has 7 heteroatoms. The van der Waals surface area contributed by atoms with E-state index in [2.05, 4.69) is 10.0 Å². The Kier molecular flexibility index (Phi) is 5.73. The second kappa shape index (κ2) is 8.20. The molecule has 0 radical (unpaired) electrons. The Morgan fingerprint density at radius 3 is 2.33 bits per heavy atom. The van der Waals surface area contributed by atoms with Crippen LogP contribution < -0.4 is 10.0 Å². The van der Waals surface area contributed by atoms with Crippen molar-refractivity contribution in [1.29, 1.82) is 0 Å². The zero-order valence-electron chi connectivity index (χ0n) is 14.8. The van der Waals surface area contributed by atoms with E-state index in [-0.39, 0.29) is 23.8 Å². The van der Waals surface area contributed by atoms with Crippen molar-refractivity contribution in [2.75, 3.05) is 5.32 Å². The fourth-order valence-electron chi connectivity index (χ4n) is 2.48. The van der Waals surface area contributed by atoms with E-state index in [0.717, 1.165) is 11.1 Å². The van der Waals surface area contributed by atoms with Crippen LogP contribution in [0.3, 0.4) is 0 Å². The molecule has 2 N–H and O–H groups in total. The summed E-state index contributed by atoms with van der Waals surface area (Å²) in [6.07, 6.45) is 1.74. The van der Waals surface area contributed by atoms with Gasteiger partial charge in [-0.05, 0) is 48.9 Å². The van der Waals surface area contributed by atoms with Crippen LogP contribution in [0.4, 0.5) is 5.69 Å². The van der Waals surface area contributed by atoms with Crippen molar-refractivity contribution >= 4 is 21.6 Å². The van der Waals surface area contributed by atoms with E-state index in [1.165, 1.54) is 18.4 Å². The maximum atomic E-state index is 12.3. The molecule has 1 aromatic heterocycles. The number of anilines is 1. The van der Waals surface area contributed by atoms with Gasteiger partial charge >= 0.3 is 0 Å². The lowest BCUT2D eigenvalue weighted by Gasteiger charge is -2.08. The van der Waals surface area contributed by atoms with Crippen LogP contribution in [-0.2, 0) is 27.8 Å². The minimum atomic E-state index is -3.66. The predicted molar refractivity (Wildman–Crippen MR) is 103 cm³/mol. The van der Waals surface area contributed by atoms with Crippen molar-refractivity contribution in [2.24, 2.45) is 0 Å². The van der Waals surface area contributed by atoms with E-state index in [4.69, 9.17) is 4.42 Å². The molecule has 1 heterocycles. The lowest BCUT2D eigenvalue weighted by molar-refractivity contribution is -0.115. The molecule has 0 bridgehead atoms. The normalized spacial score (nSPS) is 11.3. The monoisotopic (exact) mass is 384 g/mol. The molecule has 0 fully saturated rings. The topological polar surface area (TPSA) is 88.4 Å². The van der Waals surface area contributed by atoms with Gasteiger partial charge in [0.2, 0.25) is 15.9 Å². The Labute approximate surface area is 158 Å². The summed E-state index contributed by atoms with van der Waals surface area (Å²) >= 11 is 0. The van der Waals surface area contributed by atoms with Crippen molar-refractivity contribution in [3.8, 4) is 0 Å². The number of nitrogens with one attached hydrogen (secondary N) is 2. The number of carbonyl (C=O) groups is 1. The van der Waals surface area contributed by atoms with Gasteiger partial charge in [-0.3, -0.25) is 4.79 Å². The first-order chi connectivity index (χ1) is 12.9. The fourth-order valence-corrected chi connectivity index (χ4v) is 3.47. The summed E-state index contributed by atoms with van der Waals surface area (Å²) in [4.78, 5) is 12.2. The van der Waals surface area contributed by atoms with Crippen molar-refractivity contribution in [2.45, 2.75) is 24.8 Å². The summed E-state index contributed by atoms with van der Waals surface area (Å²) < 4.78 is 32.2. The van der Waals surface area contributed by atoms with Crippen LogP contribution in [0.5, 0.6) is 0 Å². The van der Waals surface area contributed by atoms with E-state index in [1.807, 2.05) is 31.2 Å². The molecule has 0 spiro atoms.